The molecule has 0 radical (unpaired) electrons. The summed E-state index contributed by atoms with van der Waals surface area (Å²) in [6, 6.07) is 0. The molecule has 0 heterocycles. The zero-order chi connectivity index (χ0) is 4.12. The largest absolute Gasteiger partial charge is 0.257 e. The van der Waals surface area contributed by atoms with Crippen LogP contribution in [0.1, 0.15) is 0 Å². The van der Waals surface area contributed by atoms with Crippen LogP contribution in [0.25, 0.3) is 0 Å². The second-order valence-corrected chi connectivity index (χ2v) is 1.79. The average Bonchev–Trinajstić information content (AvgIpc) is 1.41. The zero-order valence-corrected chi connectivity index (χ0v) is 4.61. The molecule has 0 saturated carbocycles. The van der Waals surface area contributed by atoms with E-state index in [9.17, 15) is 4.57 Å². The number of hydrogen-bond donors (Lipinski definition) is 1. The van der Waals surface area contributed by atoms with Gasteiger partial charge in [0, 0.05) is 11.2 Å². The lowest BCUT2D eigenvalue weighted by atomic mass is 13.9. The quantitative estimate of drug-likeness (QED) is 0.453. The van der Waals surface area contributed by atoms with E-state index in [1.165, 1.54) is 0 Å². The van der Waals surface area contributed by atoms with Crippen molar-refractivity contribution in [1.29, 1.82) is 0 Å². The van der Waals surface area contributed by atoms with E-state index < -0.39 is 0 Å². The summed E-state index contributed by atoms with van der Waals surface area (Å²) in [5.41, 5.74) is 0. The Kier molecular flexibility index (Phi) is 5.36. The van der Waals surface area contributed by atoms with Crippen molar-refractivity contribution in [2.45, 2.75) is 0 Å². The molecule has 0 aliphatic carbocycles. The van der Waals surface area contributed by atoms with Gasteiger partial charge in [-0.05, 0) is 10.7 Å². The fourth-order valence-electron chi connectivity index (χ4n) is 0.0141. The van der Waals surface area contributed by atoms with E-state index in [0.717, 1.165) is 11.2 Å². The molecule has 0 rings (SSSR count). The second kappa shape index (κ2) is 4.70. The third kappa shape index (κ3) is 4.70. The maximum Gasteiger partial charge on any atom is 0.257 e. The molecule has 5 heteroatoms. The minimum atomic E-state index is -0.139. The fraction of sp³-hybridized carbons (Fsp3) is 0. The molecule has 0 aliphatic heterocycles. The van der Waals surface area contributed by atoms with Crippen molar-refractivity contribution < 1.29 is 4.57 Å². The Hall–Kier alpha value is 0.700. The van der Waals surface area contributed by atoms with Crippen molar-refractivity contribution >= 4 is 30.5 Å². The monoisotopic (exact) mass is 129 g/mol. The topological polar surface area (TPSA) is 29.1 Å². The van der Waals surface area contributed by atoms with E-state index in [1.54, 1.807) is 0 Å². The molecular weight excluding hydrogens is 128 g/mol. The van der Waals surface area contributed by atoms with Crippen LogP contribution in [0.2, 0.25) is 0 Å². The standard InChI is InChI=1S/ClHNOPS/c1-5-2-4-3/h(H,2,3). The zero-order valence-electron chi connectivity index (χ0n) is 2.14. The highest BCUT2D eigenvalue weighted by Gasteiger charge is 1.67. The van der Waals surface area contributed by atoms with Crippen LogP contribution in [0.4, 0.5) is 0 Å². The van der Waals surface area contributed by atoms with Gasteiger partial charge >= 0.3 is 0 Å². The molecule has 2 nitrogen and oxygen atoms in total. The number of nitrogens with one attached hydrogen (secondary N) is 1. The normalized spacial score (nSPS) is 9.00. The van der Waals surface area contributed by atoms with Crippen molar-refractivity contribution in [2.75, 3.05) is 0 Å². The van der Waals surface area contributed by atoms with Gasteiger partial charge in [0.2, 0.25) is 0 Å². The highest BCUT2D eigenvalue weighted by atomic mass is 35.7. The molecule has 0 aliphatic rings. The SMILES string of the molecule is O=PNSCl. The molecule has 0 fully saturated rings. The highest BCUT2D eigenvalue weighted by Crippen LogP contribution is 2.02. The van der Waals surface area contributed by atoms with E-state index in [0.29, 0.717) is 0 Å². The molecule has 0 amide bonds. The van der Waals surface area contributed by atoms with Crippen LogP contribution in [-0.4, -0.2) is 0 Å². The first-order valence-corrected chi connectivity index (χ1v) is 3.22. The summed E-state index contributed by atoms with van der Waals surface area (Å²) in [5.74, 6) is 0. The molecular formula is HClNOPS. The van der Waals surface area contributed by atoms with Crippen LogP contribution in [0.3, 0.4) is 0 Å². The molecule has 0 bridgehead atoms. The van der Waals surface area contributed by atoms with Crippen molar-refractivity contribution in [3.8, 4) is 0 Å². The van der Waals surface area contributed by atoms with E-state index >= 15 is 0 Å². The van der Waals surface area contributed by atoms with Crippen LogP contribution < -0.4 is 4.49 Å². The molecule has 1 N–H and O–H groups in total. The summed E-state index contributed by atoms with van der Waals surface area (Å²) in [6.07, 6.45) is 0. The average molecular weight is 130 g/mol. The Bertz CT molecular complexity index is 32.8. The van der Waals surface area contributed by atoms with Crippen molar-refractivity contribution in [1.82, 2.24) is 4.49 Å². The molecule has 5 heavy (non-hydrogen) atoms. The van der Waals surface area contributed by atoms with Crippen molar-refractivity contribution in [2.24, 2.45) is 0 Å². The summed E-state index contributed by atoms with van der Waals surface area (Å²) in [6.45, 7) is 0. The Morgan fingerprint density at radius 3 is 2.60 bits per heavy atom. The molecule has 0 atom stereocenters. The number of hydrogen-bond acceptors (Lipinski definition) is 2. The maximum atomic E-state index is 9.29. The predicted octanol–water partition coefficient (Wildman–Crippen LogP) is 1.58. The van der Waals surface area contributed by atoms with Crippen LogP contribution in [0.15, 0.2) is 0 Å². The van der Waals surface area contributed by atoms with Gasteiger partial charge in [-0.1, -0.05) is 0 Å². The first-order chi connectivity index (χ1) is 2.41. The Morgan fingerprint density at radius 1 is 2.00 bits per heavy atom. The minimum Gasteiger partial charge on any atom is -0.255 e. The molecule has 0 aromatic carbocycles. The van der Waals surface area contributed by atoms with Crippen molar-refractivity contribution in [3.63, 3.8) is 0 Å². The lowest BCUT2D eigenvalue weighted by Gasteiger charge is -1.68. The minimum absolute atomic E-state index is 0.139. The summed E-state index contributed by atoms with van der Waals surface area (Å²) >= 11 is 0.799. The molecule has 0 unspecified atom stereocenters. The third-order valence-electron chi connectivity index (χ3n) is 0.0718. The van der Waals surface area contributed by atoms with E-state index in [2.05, 4.69) is 4.49 Å². The number of halogens is 1. The first kappa shape index (κ1) is 5.70. The smallest absolute Gasteiger partial charge is 0.255 e. The van der Waals surface area contributed by atoms with E-state index in [1.807, 2.05) is 0 Å². The summed E-state index contributed by atoms with van der Waals surface area (Å²) in [4.78, 5) is 0. The molecule has 30 valence electrons. The maximum absolute atomic E-state index is 9.29. The lowest BCUT2D eigenvalue weighted by molar-refractivity contribution is 0.598. The van der Waals surface area contributed by atoms with Crippen LogP contribution >= 0.6 is 30.5 Å². The van der Waals surface area contributed by atoms with Gasteiger partial charge < -0.3 is 0 Å². The highest BCUT2D eigenvalue weighted by molar-refractivity contribution is 8.21. The van der Waals surface area contributed by atoms with Gasteiger partial charge in [0.25, 0.3) is 8.61 Å². The number of rotatable bonds is 2. The van der Waals surface area contributed by atoms with E-state index in [-0.39, 0.29) is 8.61 Å². The van der Waals surface area contributed by atoms with Gasteiger partial charge in [0.1, 0.15) is 0 Å². The predicted molar refractivity (Wildman–Crippen MR) is 24.2 cm³/mol. The van der Waals surface area contributed by atoms with Crippen molar-refractivity contribution in [3.05, 3.63) is 0 Å². The Balaban J connectivity index is 2.40. The van der Waals surface area contributed by atoms with Gasteiger partial charge in [-0.15, -0.1) is 0 Å². The van der Waals surface area contributed by atoms with Gasteiger partial charge in [0.05, 0.1) is 0 Å². The second-order valence-electron chi connectivity index (χ2n) is 0.260. The lowest BCUT2D eigenvalue weighted by Crippen LogP contribution is -1.68. The third-order valence-corrected chi connectivity index (χ3v) is 1.27. The fourth-order valence-corrected chi connectivity index (χ4v) is 0.380. The van der Waals surface area contributed by atoms with Crippen LogP contribution in [0.5, 0.6) is 0 Å². The van der Waals surface area contributed by atoms with Crippen LogP contribution in [-0.2, 0) is 4.57 Å². The summed E-state index contributed by atoms with van der Waals surface area (Å²) in [5, 5.41) is 0. The summed E-state index contributed by atoms with van der Waals surface area (Å²) in [7, 11) is 4.76. The van der Waals surface area contributed by atoms with Gasteiger partial charge in [-0.3, -0.25) is 4.57 Å². The van der Waals surface area contributed by atoms with Crippen LogP contribution in [0, 0.1) is 0 Å². The Morgan fingerprint density at radius 2 is 2.60 bits per heavy atom. The van der Waals surface area contributed by atoms with E-state index in [4.69, 9.17) is 10.7 Å². The first-order valence-electron chi connectivity index (χ1n) is 0.765. The van der Waals surface area contributed by atoms with Gasteiger partial charge in [-0.25, -0.2) is 0 Å². The van der Waals surface area contributed by atoms with Gasteiger partial charge in [0.15, 0.2) is 0 Å². The summed E-state index contributed by atoms with van der Waals surface area (Å²) < 4.78 is 11.5. The molecule has 0 saturated heterocycles. The molecule has 0 aromatic rings. The Labute approximate surface area is 40.2 Å². The molecule has 0 spiro atoms. The molecule has 0 aromatic heterocycles. The van der Waals surface area contributed by atoms with Gasteiger partial charge in [-0.2, -0.15) is 4.49 Å².